The van der Waals surface area contributed by atoms with Crippen molar-refractivity contribution in [3.63, 3.8) is 0 Å². The van der Waals surface area contributed by atoms with Crippen LogP contribution in [0.15, 0.2) is 83.4 Å². The van der Waals surface area contributed by atoms with Crippen LogP contribution >= 0.6 is 0 Å². The minimum absolute atomic E-state index is 0.00114. The number of rotatable bonds is 11. The van der Waals surface area contributed by atoms with Gasteiger partial charge in [-0.05, 0) is 54.3 Å². The van der Waals surface area contributed by atoms with Gasteiger partial charge in [0.2, 0.25) is 5.82 Å². The summed E-state index contributed by atoms with van der Waals surface area (Å²) in [4.78, 5) is 27.5. The molecule has 0 aliphatic carbocycles. The second kappa shape index (κ2) is 11.4. The highest BCUT2D eigenvalue weighted by molar-refractivity contribution is 5.96. The second-order valence-corrected chi connectivity index (χ2v) is 9.03. The van der Waals surface area contributed by atoms with Crippen LogP contribution in [0.4, 0.5) is 5.69 Å². The van der Waals surface area contributed by atoms with E-state index in [1.807, 2.05) is 54.6 Å². The number of benzene rings is 3. The molecule has 0 aliphatic heterocycles. The van der Waals surface area contributed by atoms with Gasteiger partial charge >= 0.3 is 5.97 Å². The molecule has 3 aromatic carbocycles. The average molecular weight is 484 g/mol. The summed E-state index contributed by atoms with van der Waals surface area (Å²) >= 11 is 0. The molecule has 184 valence electrons. The lowest BCUT2D eigenvalue weighted by Gasteiger charge is -2.24. The molecule has 7 nitrogen and oxygen atoms in total. The van der Waals surface area contributed by atoms with E-state index in [0.29, 0.717) is 29.6 Å². The zero-order valence-electron chi connectivity index (χ0n) is 20.3. The number of Topliss-reactive ketones (excluding diaryl/α,β-unsaturated/α-hetero) is 1. The molecule has 7 heteroatoms. The zero-order chi connectivity index (χ0) is 25.5. The van der Waals surface area contributed by atoms with Crippen LogP contribution in [-0.4, -0.2) is 27.0 Å². The minimum Gasteiger partial charge on any atom is -0.481 e. The lowest BCUT2D eigenvalue weighted by molar-refractivity contribution is -0.137. The molecule has 1 atom stereocenters. The molecule has 0 spiro atoms. The Morgan fingerprint density at radius 1 is 0.889 bits per heavy atom. The lowest BCUT2D eigenvalue weighted by Crippen LogP contribution is -2.16. The van der Waals surface area contributed by atoms with E-state index in [1.54, 1.807) is 12.1 Å². The fourth-order valence-corrected chi connectivity index (χ4v) is 3.99. The van der Waals surface area contributed by atoms with Gasteiger partial charge in [0, 0.05) is 35.2 Å². The Morgan fingerprint density at radius 2 is 1.58 bits per heavy atom. The van der Waals surface area contributed by atoms with Crippen LogP contribution in [0.5, 0.6) is 0 Å². The number of carboxylic acid groups (broad SMARTS) is 1. The monoisotopic (exact) mass is 483 g/mol. The van der Waals surface area contributed by atoms with E-state index < -0.39 is 5.97 Å². The maximum Gasteiger partial charge on any atom is 0.303 e. The highest BCUT2D eigenvalue weighted by atomic mass is 16.5. The van der Waals surface area contributed by atoms with E-state index in [9.17, 15) is 9.59 Å². The summed E-state index contributed by atoms with van der Waals surface area (Å²) in [5.74, 6) is 0.404. The molecule has 0 saturated carbocycles. The van der Waals surface area contributed by atoms with Crippen LogP contribution in [0.3, 0.4) is 0 Å². The van der Waals surface area contributed by atoms with E-state index >= 15 is 0 Å². The number of ketones is 1. The number of carbonyl (C=O) groups is 2. The van der Waals surface area contributed by atoms with Gasteiger partial charge in [-0.25, -0.2) is 0 Å². The zero-order valence-corrected chi connectivity index (χ0v) is 20.3. The predicted molar refractivity (Wildman–Crippen MR) is 139 cm³/mol. The first-order valence-electron chi connectivity index (χ1n) is 12.0. The molecule has 0 saturated heterocycles. The highest BCUT2D eigenvalue weighted by Crippen LogP contribution is 2.29. The molecule has 1 heterocycles. The predicted octanol–water partition coefficient (Wildman–Crippen LogP) is 6.65. The third-order valence-corrected chi connectivity index (χ3v) is 5.96. The van der Waals surface area contributed by atoms with Gasteiger partial charge < -0.3 is 14.9 Å². The van der Waals surface area contributed by atoms with Crippen LogP contribution in [0, 0.1) is 5.92 Å². The quantitative estimate of drug-likeness (QED) is 0.230. The molecule has 0 amide bonds. The third-order valence-electron chi connectivity index (χ3n) is 5.96. The van der Waals surface area contributed by atoms with Gasteiger partial charge in [0.05, 0.1) is 6.04 Å². The summed E-state index contributed by atoms with van der Waals surface area (Å²) in [5.41, 5.74) is 4.37. The van der Waals surface area contributed by atoms with Crippen molar-refractivity contribution < 1.29 is 19.2 Å². The summed E-state index contributed by atoms with van der Waals surface area (Å²) in [6.45, 7) is 4.30. The van der Waals surface area contributed by atoms with Gasteiger partial charge in [-0.3, -0.25) is 9.59 Å². The Morgan fingerprint density at radius 3 is 2.22 bits per heavy atom. The van der Waals surface area contributed by atoms with Crippen LogP contribution < -0.4 is 5.32 Å². The van der Waals surface area contributed by atoms with Gasteiger partial charge in [0.15, 0.2) is 5.78 Å². The van der Waals surface area contributed by atoms with Crippen molar-refractivity contribution in [2.45, 2.75) is 39.2 Å². The number of hydrogen-bond donors (Lipinski definition) is 2. The maximum atomic E-state index is 12.3. The van der Waals surface area contributed by atoms with Crippen molar-refractivity contribution in [3.05, 3.63) is 90.0 Å². The molecule has 4 rings (SSSR count). The van der Waals surface area contributed by atoms with E-state index in [4.69, 9.17) is 9.63 Å². The molecule has 2 N–H and O–H groups in total. The van der Waals surface area contributed by atoms with Crippen molar-refractivity contribution in [1.82, 2.24) is 10.1 Å². The number of aliphatic carboxylic acids is 1. The molecule has 36 heavy (non-hydrogen) atoms. The number of nitrogens with one attached hydrogen (secondary N) is 1. The number of hydrogen-bond acceptors (Lipinski definition) is 6. The van der Waals surface area contributed by atoms with Gasteiger partial charge in [0.1, 0.15) is 0 Å². The van der Waals surface area contributed by atoms with Crippen molar-refractivity contribution >= 4 is 17.4 Å². The second-order valence-electron chi connectivity index (χ2n) is 9.03. The highest BCUT2D eigenvalue weighted by Gasteiger charge is 2.17. The maximum absolute atomic E-state index is 12.3. The van der Waals surface area contributed by atoms with Gasteiger partial charge in [-0.2, -0.15) is 4.98 Å². The molecular formula is C29H29N3O4. The van der Waals surface area contributed by atoms with Crippen molar-refractivity contribution in [3.8, 4) is 22.8 Å². The summed E-state index contributed by atoms with van der Waals surface area (Å²) in [6.07, 6.45) is 0.575. The number of carbonyl (C=O) groups excluding carboxylic acids is 1. The Kier molecular flexibility index (Phi) is 7.90. The van der Waals surface area contributed by atoms with E-state index in [0.717, 1.165) is 22.4 Å². The first kappa shape index (κ1) is 24.9. The molecule has 0 aliphatic rings. The van der Waals surface area contributed by atoms with E-state index in [2.05, 4.69) is 41.4 Å². The Bertz CT molecular complexity index is 1300. The normalized spacial score (nSPS) is 11.9. The Hall–Kier alpha value is -4.26. The van der Waals surface area contributed by atoms with Crippen LogP contribution in [0.1, 0.15) is 55.1 Å². The van der Waals surface area contributed by atoms with Gasteiger partial charge in [-0.15, -0.1) is 0 Å². The molecular weight excluding hydrogens is 454 g/mol. The van der Waals surface area contributed by atoms with Crippen molar-refractivity contribution in [1.29, 1.82) is 0 Å². The van der Waals surface area contributed by atoms with Gasteiger partial charge in [0.25, 0.3) is 5.89 Å². The molecule has 0 unspecified atom stereocenters. The summed E-state index contributed by atoms with van der Waals surface area (Å²) < 4.78 is 5.44. The number of aromatic nitrogens is 2. The SMILES string of the molecule is CC(C)[C@H](Nc1ccc(C(=O)CCCC(=O)O)cc1)c1ccc(-c2noc(-c3ccccc3)n2)cc1. The molecule has 1 aromatic heterocycles. The third kappa shape index (κ3) is 6.24. The van der Waals surface area contributed by atoms with Crippen molar-refractivity contribution in [2.75, 3.05) is 5.32 Å². The first-order chi connectivity index (χ1) is 17.4. The topological polar surface area (TPSA) is 105 Å². The molecule has 4 aromatic rings. The largest absolute Gasteiger partial charge is 0.481 e. The van der Waals surface area contributed by atoms with Crippen LogP contribution in [0.25, 0.3) is 22.8 Å². The fourth-order valence-electron chi connectivity index (χ4n) is 3.99. The van der Waals surface area contributed by atoms with Crippen molar-refractivity contribution in [2.24, 2.45) is 5.92 Å². The average Bonchev–Trinajstić information content (AvgIpc) is 3.38. The fraction of sp³-hybridized carbons (Fsp3) is 0.241. The molecule has 0 fully saturated rings. The molecule has 0 bridgehead atoms. The van der Waals surface area contributed by atoms with Crippen LogP contribution in [-0.2, 0) is 4.79 Å². The minimum atomic E-state index is -0.885. The summed E-state index contributed by atoms with van der Waals surface area (Å²) in [6, 6.07) is 25.2. The standard InChI is InChI=1S/C29H29N3O4/c1-19(2)27(30-24-17-15-20(16-18-24)25(33)9-6-10-26(34)35)21-11-13-22(14-12-21)28-31-29(36-32-28)23-7-4-3-5-8-23/h3-5,7-8,11-19,27,30H,6,9-10H2,1-2H3,(H,34,35)/t27-/m0/s1. The Balaban J connectivity index is 1.43. The smallest absolute Gasteiger partial charge is 0.303 e. The first-order valence-corrected chi connectivity index (χ1v) is 12.0. The lowest BCUT2D eigenvalue weighted by atomic mass is 9.94. The number of carboxylic acids is 1. The number of anilines is 1. The van der Waals surface area contributed by atoms with E-state index in [-0.39, 0.29) is 24.7 Å². The summed E-state index contributed by atoms with van der Waals surface area (Å²) in [5, 5.41) is 16.4. The van der Waals surface area contributed by atoms with Gasteiger partial charge in [-0.1, -0.05) is 61.5 Å². The van der Waals surface area contributed by atoms with E-state index in [1.165, 1.54) is 0 Å². The Labute approximate surface area is 210 Å². The molecule has 0 radical (unpaired) electrons. The summed E-state index contributed by atoms with van der Waals surface area (Å²) in [7, 11) is 0. The number of nitrogens with zero attached hydrogens (tertiary/aromatic N) is 2. The van der Waals surface area contributed by atoms with Crippen LogP contribution in [0.2, 0.25) is 0 Å².